The number of nitrogens with two attached hydrogens (primary N) is 1. The van der Waals surface area contributed by atoms with E-state index in [4.69, 9.17) is 5.73 Å². The lowest BCUT2D eigenvalue weighted by molar-refractivity contribution is -0.145. The number of rotatable bonds is 16. The summed E-state index contributed by atoms with van der Waals surface area (Å²) in [4.78, 5) is 81.5. The van der Waals surface area contributed by atoms with Crippen molar-refractivity contribution in [3.05, 3.63) is 108 Å². The molecule has 4 rings (SSSR count). The first kappa shape index (κ1) is 36.5. The van der Waals surface area contributed by atoms with E-state index in [1.807, 2.05) is 73.7 Å². The van der Waals surface area contributed by atoms with Crippen LogP contribution >= 0.6 is 0 Å². The minimum absolute atomic E-state index is 0.00727. The summed E-state index contributed by atoms with van der Waals surface area (Å²) in [5.41, 5.74) is 7.80. The first-order valence-corrected chi connectivity index (χ1v) is 16.7. The topological polar surface area (TPSA) is 168 Å². The van der Waals surface area contributed by atoms with E-state index in [0.717, 1.165) is 11.1 Å². The lowest BCUT2D eigenvalue weighted by Gasteiger charge is -2.31. The van der Waals surface area contributed by atoms with Crippen LogP contribution in [0.3, 0.4) is 0 Å². The van der Waals surface area contributed by atoms with Crippen molar-refractivity contribution in [1.29, 1.82) is 0 Å². The normalized spacial score (nSPS) is 16.4. The molecule has 0 bridgehead atoms. The first-order chi connectivity index (χ1) is 23.6. The van der Waals surface area contributed by atoms with Crippen LogP contribution in [0.5, 0.6) is 0 Å². The number of nitrogens with zero attached hydrogens (tertiary/aromatic N) is 1. The Morgan fingerprint density at radius 2 is 1.29 bits per heavy atom. The molecule has 11 heteroatoms. The van der Waals surface area contributed by atoms with Crippen molar-refractivity contribution in [3.8, 4) is 0 Å². The molecule has 5 atom stereocenters. The number of carbonyl (C=O) groups excluding carboxylic acids is 6. The van der Waals surface area contributed by atoms with Gasteiger partial charge in [-0.1, -0.05) is 111 Å². The maximum absolute atomic E-state index is 13.9. The summed E-state index contributed by atoms with van der Waals surface area (Å²) >= 11 is 0. The number of carbonyl (C=O) groups is 6. The zero-order chi connectivity index (χ0) is 35.3. The van der Waals surface area contributed by atoms with Crippen molar-refractivity contribution >= 4 is 35.3 Å². The smallest absolute Gasteiger partial charge is 0.290 e. The van der Waals surface area contributed by atoms with E-state index in [1.165, 1.54) is 4.90 Å². The molecule has 3 aromatic rings. The summed E-state index contributed by atoms with van der Waals surface area (Å²) in [5.74, 6) is -4.47. The lowest BCUT2D eigenvalue weighted by Crippen LogP contribution is -2.59. The number of hydrogen-bond donors (Lipinski definition) is 4. The van der Waals surface area contributed by atoms with Gasteiger partial charge in [0.1, 0.15) is 24.2 Å². The van der Waals surface area contributed by atoms with Crippen molar-refractivity contribution in [2.24, 2.45) is 11.7 Å². The van der Waals surface area contributed by atoms with E-state index in [-0.39, 0.29) is 31.1 Å². The van der Waals surface area contributed by atoms with E-state index in [2.05, 4.69) is 16.0 Å². The van der Waals surface area contributed by atoms with E-state index >= 15 is 0 Å². The highest BCUT2D eigenvalue weighted by atomic mass is 16.2. The Morgan fingerprint density at radius 3 is 1.82 bits per heavy atom. The van der Waals surface area contributed by atoms with Gasteiger partial charge in [-0.2, -0.15) is 0 Å². The summed E-state index contributed by atoms with van der Waals surface area (Å²) in [5, 5.41) is 8.17. The highest BCUT2D eigenvalue weighted by molar-refractivity contribution is 6.39. The van der Waals surface area contributed by atoms with Gasteiger partial charge in [0, 0.05) is 19.4 Å². The zero-order valence-corrected chi connectivity index (χ0v) is 28.0. The summed E-state index contributed by atoms with van der Waals surface area (Å²) in [7, 11) is 0. The molecule has 1 fully saturated rings. The zero-order valence-electron chi connectivity index (χ0n) is 28.0. The minimum Gasteiger partial charge on any atom is -0.368 e. The van der Waals surface area contributed by atoms with Crippen LogP contribution in [-0.4, -0.2) is 70.9 Å². The van der Waals surface area contributed by atoms with Crippen molar-refractivity contribution in [2.45, 2.75) is 76.5 Å². The van der Waals surface area contributed by atoms with E-state index in [9.17, 15) is 28.8 Å². The SMILES string of the molecule is CC[C@H](C)[C@H](NC(=O)C(=O)C(Cc1ccccc1)NC(=O)C(Cc1ccccc1)NC(=O)Cc1ccccc1)C(=O)N1CCCC1C(N)=O. The molecule has 0 aliphatic carbocycles. The summed E-state index contributed by atoms with van der Waals surface area (Å²) in [6.07, 6.45) is 1.72. The fourth-order valence-corrected chi connectivity index (χ4v) is 5.98. The van der Waals surface area contributed by atoms with Gasteiger partial charge in [0.2, 0.25) is 29.4 Å². The largest absolute Gasteiger partial charge is 0.368 e. The van der Waals surface area contributed by atoms with Crippen LogP contribution in [0.1, 0.15) is 49.8 Å². The molecular weight excluding hydrogens is 622 g/mol. The third-order valence-electron chi connectivity index (χ3n) is 8.91. The lowest BCUT2D eigenvalue weighted by atomic mass is 9.96. The van der Waals surface area contributed by atoms with Gasteiger partial charge < -0.3 is 26.6 Å². The molecule has 11 nitrogen and oxygen atoms in total. The van der Waals surface area contributed by atoms with Crippen LogP contribution in [0, 0.1) is 5.92 Å². The Morgan fingerprint density at radius 1 is 0.755 bits per heavy atom. The number of Topliss-reactive ketones (excluding diaryl/α,β-unsaturated/α-hetero) is 1. The molecule has 5 amide bonds. The number of nitrogens with one attached hydrogen (secondary N) is 3. The highest BCUT2D eigenvalue weighted by Gasteiger charge is 2.40. The molecule has 0 spiro atoms. The Bertz CT molecular complexity index is 1600. The van der Waals surface area contributed by atoms with E-state index in [0.29, 0.717) is 31.4 Å². The molecule has 0 aromatic heterocycles. The van der Waals surface area contributed by atoms with Crippen molar-refractivity contribution < 1.29 is 28.8 Å². The van der Waals surface area contributed by atoms with E-state index < -0.39 is 53.6 Å². The van der Waals surface area contributed by atoms with Gasteiger partial charge >= 0.3 is 0 Å². The average molecular weight is 668 g/mol. The molecule has 3 aromatic carbocycles. The number of benzene rings is 3. The number of hydrogen-bond acceptors (Lipinski definition) is 6. The van der Waals surface area contributed by atoms with Crippen LogP contribution < -0.4 is 21.7 Å². The fraction of sp³-hybridized carbons (Fsp3) is 0.368. The Labute approximate surface area is 287 Å². The summed E-state index contributed by atoms with van der Waals surface area (Å²) < 4.78 is 0. The van der Waals surface area contributed by atoms with Gasteiger partial charge in [0.05, 0.1) is 6.42 Å². The van der Waals surface area contributed by atoms with Crippen LogP contribution in [0.15, 0.2) is 91.0 Å². The van der Waals surface area contributed by atoms with Crippen LogP contribution in [0.25, 0.3) is 0 Å². The standard InChI is InChI=1S/C38H45N5O6/c1-3-25(2)33(38(49)43-21-13-20-31(43)35(39)46)42-37(48)34(45)29(22-26-14-7-4-8-15-26)41-36(47)30(23-27-16-9-5-10-17-27)40-32(44)24-28-18-11-6-12-19-28/h4-12,14-19,25,29-31,33H,3,13,20-24H2,1-2H3,(H2,39,46)(H,40,44)(H,41,47)(H,42,48)/t25-,29?,30?,31?,33-/m0/s1. The third-order valence-corrected chi connectivity index (χ3v) is 8.91. The van der Waals surface area contributed by atoms with Crippen LogP contribution in [-0.2, 0) is 48.0 Å². The molecule has 49 heavy (non-hydrogen) atoms. The number of primary amides is 1. The molecule has 3 unspecified atom stereocenters. The van der Waals surface area contributed by atoms with Gasteiger partial charge in [-0.3, -0.25) is 28.8 Å². The van der Waals surface area contributed by atoms with Crippen molar-refractivity contribution in [1.82, 2.24) is 20.9 Å². The third kappa shape index (κ3) is 10.3. The van der Waals surface area contributed by atoms with E-state index in [1.54, 1.807) is 31.2 Å². The van der Waals surface area contributed by atoms with Crippen LogP contribution in [0.4, 0.5) is 0 Å². The average Bonchev–Trinajstić information content (AvgIpc) is 3.61. The maximum Gasteiger partial charge on any atom is 0.290 e. The van der Waals surface area contributed by atoms with Gasteiger partial charge in [-0.15, -0.1) is 0 Å². The summed E-state index contributed by atoms with van der Waals surface area (Å²) in [6, 6.07) is 23.0. The molecule has 1 aliphatic rings. The molecule has 5 N–H and O–H groups in total. The summed E-state index contributed by atoms with van der Waals surface area (Å²) in [6.45, 7) is 3.94. The maximum atomic E-state index is 13.9. The van der Waals surface area contributed by atoms with Crippen LogP contribution in [0.2, 0.25) is 0 Å². The fourth-order valence-electron chi connectivity index (χ4n) is 5.98. The quantitative estimate of drug-likeness (QED) is 0.171. The molecule has 1 saturated heterocycles. The second-order valence-electron chi connectivity index (χ2n) is 12.5. The number of ketones is 1. The Kier molecular flexibility index (Phi) is 13.2. The monoisotopic (exact) mass is 667 g/mol. The Hall–Kier alpha value is -5.32. The predicted molar refractivity (Wildman–Crippen MR) is 185 cm³/mol. The molecular formula is C38H45N5O6. The van der Waals surface area contributed by atoms with Crippen molar-refractivity contribution in [2.75, 3.05) is 6.54 Å². The van der Waals surface area contributed by atoms with Gasteiger partial charge in [-0.25, -0.2) is 0 Å². The minimum atomic E-state index is -1.31. The Balaban J connectivity index is 1.56. The molecule has 258 valence electrons. The molecule has 0 saturated carbocycles. The molecule has 1 aliphatic heterocycles. The first-order valence-electron chi connectivity index (χ1n) is 16.7. The van der Waals surface area contributed by atoms with Gasteiger partial charge in [0.15, 0.2) is 0 Å². The molecule has 1 heterocycles. The highest BCUT2D eigenvalue weighted by Crippen LogP contribution is 2.21. The predicted octanol–water partition coefficient (Wildman–Crippen LogP) is 2.26. The van der Waals surface area contributed by atoms with Gasteiger partial charge in [-0.05, 0) is 35.4 Å². The second-order valence-corrected chi connectivity index (χ2v) is 12.5. The number of amides is 5. The second kappa shape index (κ2) is 17.7. The number of likely N-dealkylation sites (tertiary alicyclic amines) is 1. The molecule has 0 radical (unpaired) electrons. The van der Waals surface area contributed by atoms with Gasteiger partial charge in [0.25, 0.3) is 5.91 Å². The van der Waals surface area contributed by atoms with Crippen molar-refractivity contribution in [3.63, 3.8) is 0 Å².